The molecule has 4 heteroatoms. The van der Waals surface area contributed by atoms with Crippen molar-refractivity contribution in [2.45, 2.75) is 39.9 Å². The molecule has 0 aromatic carbocycles. The fourth-order valence-corrected chi connectivity index (χ4v) is 2.07. The number of nitrogens with zero attached hydrogens (tertiary/aromatic N) is 1. The van der Waals surface area contributed by atoms with E-state index in [1.54, 1.807) is 0 Å². The fourth-order valence-electron chi connectivity index (χ4n) is 2.07. The zero-order valence-corrected chi connectivity index (χ0v) is 10.3. The summed E-state index contributed by atoms with van der Waals surface area (Å²) in [5, 5.41) is 8.98. The molecule has 1 aliphatic rings. The summed E-state index contributed by atoms with van der Waals surface area (Å²) in [5.74, 6) is 0.585. The molecule has 16 heavy (non-hydrogen) atoms. The van der Waals surface area contributed by atoms with Gasteiger partial charge < -0.3 is 9.47 Å². The van der Waals surface area contributed by atoms with Crippen molar-refractivity contribution in [3.63, 3.8) is 0 Å². The minimum Gasteiger partial charge on any atom is -0.463 e. The van der Waals surface area contributed by atoms with Crippen molar-refractivity contribution in [3.8, 4) is 6.07 Å². The number of nitriles is 1. The van der Waals surface area contributed by atoms with Crippen LogP contribution in [0.2, 0.25) is 0 Å². The summed E-state index contributed by atoms with van der Waals surface area (Å²) in [7, 11) is 0. The molecule has 0 bridgehead atoms. The van der Waals surface area contributed by atoms with Crippen LogP contribution in [0.4, 0.5) is 0 Å². The van der Waals surface area contributed by atoms with Gasteiger partial charge in [0, 0.05) is 6.92 Å². The van der Waals surface area contributed by atoms with Gasteiger partial charge in [0.25, 0.3) is 0 Å². The van der Waals surface area contributed by atoms with Gasteiger partial charge in [0.2, 0.25) is 0 Å². The van der Waals surface area contributed by atoms with Crippen molar-refractivity contribution in [3.05, 3.63) is 0 Å². The molecule has 90 valence electrons. The maximum Gasteiger partial charge on any atom is 0.302 e. The average molecular weight is 225 g/mol. The Kier molecular flexibility index (Phi) is 4.31. The lowest BCUT2D eigenvalue weighted by Crippen LogP contribution is -2.46. The normalized spacial score (nSPS) is 38.8. The van der Waals surface area contributed by atoms with Gasteiger partial charge in [-0.05, 0) is 17.8 Å². The smallest absolute Gasteiger partial charge is 0.302 e. The summed E-state index contributed by atoms with van der Waals surface area (Å²) < 4.78 is 10.6. The van der Waals surface area contributed by atoms with Gasteiger partial charge in [0.15, 0.2) is 0 Å². The van der Waals surface area contributed by atoms with E-state index < -0.39 is 6.10 Å². The van der Waals surface area contributed by atoms with E-state index in [2.05, 4.69) is 19.9 Å². The maximum absolute atomic E-state index is 10.7. The molecular weight excluding hydrogens is 206 g/mol. The fraction of sp³-hybridized carbons (Fsp3) is 0.833. The van der Waals surface area contributed by atoms with Crippen LogP contribution < -0.4 is 0 Å². The molecule has 0 aromatic heterocycles. The number of hydrogen-bond donors (Lipinski definition) is 0. The molecule has 0 aliphatic carbocycles. The number of hydrogen-bond acceptors (Lipinski definition) is 4. The van der Waals surface area contributed by atoms with E-state index in [4.69, 9.17) is 14.7 Å². The van der Waals surface area contributed by atoms with Crippen LogP contribution in [-0.4, -0.2) is 24.8 Å². The minimum absolute atomic E-state index is 0.167. The lowest BCUT2D eigenvalue weighted by molar-refractivity contribution is -0.159. The van der Waals surface area contributed by atoms with Gasteiger partial charge in [-0.3, -0.25) is 4.79 Å². The van der Waals surface area contributed by atoms with E-state index in [0.717, 1.165) is 0 Å². The van der Waals surface area contributed by atoms with E-state index in [1.807, 2.05) is 6.92 Å². The van der Waals surface area contributed by atoms with E-state index in [9.17, 15) is 4.79 Å². The van der Waals surface area contributed by atoms with Crippen molar-refractivity contribution in [1.82, 2.24) is 0 Å². The Labute approximate surface area is 96.5 Å². The van der Waals surface area contributed by atoms with Crippen LogP contribution in [0.25, 0.3) is 0 Å². The van der Waals surface area contributed by atoms with Gasteiger partial charge in [-0.15, -0.1) is 0 Å². The predicted molar refractivity (Wildman–Crippen MR) is 58.4 cm³/mol. The Morgan fingerprint density at radius 2 is 1.94 bits per heavy atom. The van der Waals surface area contributed by atoms with Crippen LogP contribution in [-0.2, 0) is 14.3 Å². The first kappa shape index (κ1) is 13.0. The Hall–Kier alpha value is -1.08. The number of carbonyl (C=O) groups excluding carboxylic acids is 1. The molecule has 0 saturated carbocycles. The van der Waals surface area contributed by atoms with Crippen LogP contribution in [0.15, 0.2) is 0 Å². The van der Waals surface area contributed by atoms with Crippen molar-refractivity contribution in [1.29, 1.82) is 5.26 Å². The Balaban J connectivity index is 2.64. The number of esters is 1. The zero-order valence-electron chi connectivity index (χ0n) is 10.3. The molecule has 1 fully saturated rings. The maximum atomic E-state index is 10.7. The largest absolute Gasteiger partial charge is 0.463 e. The third kappa shape index (κ3) is 2.73. The van der Waals surface area contributed by atoms with E-state index in [1.165, 1.54) is 6.92 Å². The van der Waals surface area contributed by atoms with Gasteiger partial charge in [-0.25, -0.2) is 0 Å². The molecule has 4 nitrogen and oxygen atoms in total. The van der Waals surface area contributed by atoms with Crippen molar-refractivity contribution in [2.24, 2.45) is 17.8 Å². The molecule has 5 unspecified atom stereocenters. The van der Waals surface area contributed by atoms with Gasteiger partial charge >= 0.3 is 5.97 Å². The molecule has 0 spiro atoms. The van der Waals surface area contributed by atoms with Crippen molar-refractivity contribution >= 4 is 5.97 Å². The van der Waals surface area contributed by atoms with Crippen molar-refractivity contribution < 1.29 is 14.3 Å². The van der Waals surface area contributed by atoms with Crippen LogP contribution >= 0.6 is 0 Å². The second-order valence-electron chi connectivity index (χ2n) is 4.60. The molecule has 0 amide bonds. The van der Waals surface area contributed by atoms with Crippen LogP contribution in [0.1, 0.15) is 27.7 Å². The van der Waals surface area contributed by atoms with Gasteiger partial charge in [0.1, 0.15) is 12.7 Å². The molecule has 0 aromatic rings. The van der Waals surface area contributed by atoms with Crippen LogP contribution in [0, 0.1) is 29.1 Å². The number of ether oxygens (including phenoxy) is 2. The molecule has 0 N–H and O–H groups in total. The molecule has 1 aliphatic heterocycles. The van der Waals surface area contributed by atoms with Crippen LogP contribution in [0.5, 0.6) is 0 Å². The Bertz CT molecular complexity index is 297. The lowest BCUT2D eigenvalue weighted by atomic mass is 9.77. The van der Waals surface area contributed by atoms with Crippen molar-refractivity contribution in [2.75, 3.05) is 6.61 Å². The van der Waals surface area contributed by atoms with Gasteiger partial charge in [-0.2, -0.15) is 5.26 Å². The van der Waals surface area contributed by atoms with Gasteiger partial charge in [0.05, 0.1) is 12.2 Å². The average Bonchev–Trinajstić information content (AvgIpc) is 2.25. The predicted octanol–water partition coefficient (Wildman–Crippen LogP) is 1.75. The first-order valence-electron chi connectivity index (χ1n) is 5.65. The van der Waals surface area contributed by atoms with E-state index in [-0.39, 0.29) is 24.6 Å². The first-order chi connectivity index (χ1) is 7.47. The Morgan fingerprint density at radius 1 is 1.31 bits per heavy atom. The summed E-state index contributed by atoms with van der Waals surface area (Å²) in [5.41, 5.74) is 0. The zero-order chi connectivity index (χ0) is 12.3. The topological polar surface area (TPSA) is 59.3 Å². The second kappa shape index (κ2) is 5.31. The second-order valence-corrected chi connectivity index (χ2v) is 4.60. The first-order valence-corrected chi connectivity index (χ1v) is 5.65. The summed E-state index contributed by atoms with van der Waals surface area (Å²) in [6.07, 6.45) is -0.563. The third-order valence-corrected chi connectivity index (χ3v) is 3.62. The highest BCUT2D eigenvalue weighted by Gasteiger charge is 2.39. The summed E-state index contributed by atoms with van der Waals surface area (Å²) in [4.78, 5) is 10.7. The van der Waals surface area contributed by atoms with Gasteiger partial charge in [-0.1, -0.05) is 20.8 Å². The standard InChI is InChI=1S/C12H19NO3/c1-7-8(2)11(5-13)16-12(9(7)3)6-15-10(4)14/h7-9,11-12H,6H2,1-4H3. The summed E-state index contributed by atoms with van der Waals surface area (Å²) in [6, 6.07) is 2.16. The summed E-state index contributed by atoms with van der Waals surface area (Å²) in [6.45, 7) is 7.83. The van der Waals surface area contributed by atoms with E-state index in [0.29, 0.717) is 11.8 Å². The highest BCUT2D eigenvalue weighted by molar-refractivity contribution is 5.65. The highest BCUT2D eigenvalue weighted by atomic mass is 16.6. The molecule has 1 rings (SSSR count). The molecule has 0 radical (unpaired) electrons. The third-order valence-electron chi connectivity index (χ3n) is 3.62. The molecule has 1 saturated heterocycles. The lowest BCUT2D eigenvalue weighted by Gasteiger charge is -2.40. The Morgan fingerprint density at radius 3 is 2.44 bits per heavy atom. The molecular formula is C12H19NO3. The van der Waals surface area contributed by atoms with Crippen LogP contribution in [0.3, 0.4) is 0 Å². The van der Waals surface area contributed by atoms with E-state index >= 15 is 0 Å². The quantitative estimate of drug-likeness (QED) is 0.672. The highest BCUT2D eigenvalue weighted by Crippen LogP contribution is 2.34. The minimum atomic E-state index is -0.397. The summed E-state index contributed by atoms with van der Waals surface area (Å²) >= 11 is 0. The molecule has 5 atom stereocenters. The number of rotatable bonds is 2. The molecule has 1 heterocycles. The SMILES string of the molecule is CC(=O)OCC1OC(C#N)C(C)C(C)C1C. The monoisotopic (exact) mass is 225 g/mol. The number of carbonyl (C=O) groups is 1.